The highest BCUT2D eigenvalue weighted by atomic mass is 16.5. The zero-order valence-corrected chi connectivity index (χ0v) is 12.8. The Hall–Kier alpha value is -1.63. The fraction of sp³-hybridized carbons (Fsp3) is 0.562. The molecule has 2 heterocycles. The summed E-state index contributed by atoms with van der Waals surface area (Å²) in [5, 5.41) is 24.8. The molecule has 0 aromatic heterocycles. The quantitative estimate of drug-likeness (QED) is 0.616. The number of β-amino-alcohol motifs (C(OH)–C–C–N with tert-alkyl or cyclic N) is 1. The van der Waals surface area contributed by atoms with Crippen molar-refractivity contribution in [3.05, 3.63) is 29.3 Å². The molecular formula is C16H22N2O4. The van der Waals surface area contributed by atoms with E-state index in [0.717, 1.165) is 23.3 Å². The Labute approximate surface area is 129 Å². The lowest BCUT2D eigenvalue weighted by molar-refractivity contribution is -0.125. The monoisotopic (exact) mass is 306 g/mol. The van der Waals surface area contributed by atoms with Gasteiger partial charge in [0.1, 0.15) is 23.5 Å². The van der Waals surface area contributed by atoms with Crippen molar-refractivity contribution in [1.82, 2.24) is 10.6 Å². The third-order valence-electron chi connectivity index (χ3n) is 4.19. The molecule has 4 N–H and O–H groups in total. The number of fused-ring (bicyclic) bond motifs is 1. The van der Waals surface area contributed by atoms with E-state index in [-0.39, 0.29) is 18.1 Å². The SMILES string of the molecule is CC1(C)Cc2cccc(CNC(=O)[C@@H]3NC[C@@H](O)[C@H]3O)c2O1. The first-order valence-electron chi connectivity index (χ1n) is 7.54. The minimum Gasteiger partial charge on any atom is -0.487 e. The van der Waals surface area contributed by atoms with Crippen molar-refractivity contribution in [2.45, 2.75) is 50.7 Å². The molecule has 1 amide bonds. The molecule has 3 atom stereocenters. The smallest absolute Gasteiger partial charge is 0.240 e. The lowest BCUT2D eigenvalue weighted by Gasteiger charge is -2.19. The van der Waals surface area contributed by atoms with E-state index in [4.69, 9.17) is 4.74 Å². The first-order valence-corrected chi connectivity index (χ1v) is 7.54. The average molecular weight is 306 g/mol. The number of aliphatic hydroxyl groups is 2. The van der Waals surface area contributed by atoms with E-state index >= 15 is 0 Å². The van der Waals surface area contributed by atoms with Crippen LogP contribution < -0.4 is 15.4 Å². The summed E-state index contributed by atoms with van der Waals surface area (Å²) in [7, 11) is 0. The molecule has 1 aromatic carbocycles. The van der Waals surface area contributed by atoms with Gasteiger partial charge in [0.2, 0.25) is 5.91 Å². The highest BCUT2D eigenvalue weighted by molar-refractivity contribution is 5.83. The first kappa shape index (κ1) is 15.3. The molecule has 0 spiro atoms. The van der Waals surface area contributed by atoms with Crippen LogP contribution in [0.25, 0.3) is 0 Å². The van der Waals surface area contributed by atoms with Gasteiger partial charge in [-0.15, -0.1) is 0 Å². The number of carbonyl (C=O) groups is 1. The van der Waals surface area contributed by atoms with Crippen molar-refractivity contribution in [1.29, 1.82) is 0 Å². The maximum Gasteiger partial charge on any atom is 0.240 e. The van der Waals surface area contributed by atoms with Gasteiger partial charge < -0.3 is 25.6 Å². The molecule has 0 aliphatic carbocycles. The lowest BCUT2D eigenvalue weighted by Crippen LogP contribution is -2.46. The number of hydrogen-bond donors (Lipinski definition) is 4. The van der Waals surface area contributed by atoms with Gasteiger partial charge in [-0.3, -0.25) is 4.79 Å². The van der Waals surface area contributed by atoms with Gasteiger partial charge in [0.25, 0.3) is 0 Å². The highest BCUT2D eigenvalue weighted by Crippen LogP contribution is 2.37. The number of amides is 1. The summed E-state index contributed by atoms with van der Waals surface area (Å²) in [5.41, 5.74) is 1.84. The third-order valence-corrected chi connectivity index (χ3v) is 4.19. The zero-order valence-electron chi connectivity index (χ0n) is 12.8. The fourth-order valence-electron chi connectivity index (χ4n) is 3.07. The molecule has 1 aromatic rings. The van der Waals surface area contributed by atoms with Crippen molar-refractivity contribution in [2.75, 3.05) is 6.54 Å². The molecular weight excluding hydrogens is 284 g/mol. The number of para-hydroxylation sites is 1. The number of carbonyl (C=O) groups excluding carboxylic acids is 1. The maximum atomic E-state index is 12.1. The summed E-state index contributed by atoms with van der Waals surface area (Å²) in [6.07, 6.45) is -1.13. The van der Waals surface area contributed by atoms with Crippen molar-refractivity contribution < 1.29 is 19.7 Å². The number of aliphatic hydroxyl groups excluding tert-OH is 2. The molecule has 0 saturated carbocycles. The molecule has 1 saturated heterocycles. The predicted octanol–water partition coefficient (Wildman–Crippen LogP) is -0.290. The molecule has 0 unspecified atom stereocenters. The Bertz CT molecular complexity index is 588. The Kier molecular flexibility index (Phi) is 3.84. The van der Waals surface area contributed by atoms with Crippen LogP contribution in [-0.4, -0.2) is 46.5 Å². The molecule has 120 valence electrons. The van der Waals surface area contributed by atoms with Crippen LogP contribution in [0.4, 0.5) is 0 Å². The van der Waals surface area contributed by atoms with E-state index < -0.39 is 18.2 Å². The summed E-state index contributed by atoms with van der Waals surface area (Å²) >= 11 is 0. The predicted molar refractivity (Wildman–Crippen MR) is 80.5 cm³/mol. The largest absolute Gasteiger partial charge is 0.487 e. The van der Waals surface area contributed by atoms with E-state index in [1.807, 2.05) is 32.0 Å². The Morgan fingerprint density at radius 1 is 1.45 bits per heavy atom. The minimum atomic E-state index is -1.07. The second-order valence-corrected chi connectivity index (χ2v) is 6.61. The number of benzene rings is 1. The van der Waals surface area contributed by atoms with E-state index in [1.54, 1.807) is 0 Å². The van der Waals surface area contributed by atoms with Crippen LogP contribution in [0.1, 0.15) is 25.0 Å². The lowest BCUT2D eigenvalue weighted by atomic mass is 10.0. The average Bonchev–Trinajstić information content (AvgIpc) is 2.95. The normalized spacial score (nSPS) is 29.0. The summed E-state index contributed by atoms with van der Waals surface area (Å²) in [5.74, 6) is 0.520. The third kappa shape index (κ3) is 2.82. The van der Waals surface area contributed by atoms with Crippen molar-refractivity contribution in [3.63, 3.8) is 0 Å². The van der Waals surface area contributed by atoms with Gasteiger partial charge in [0, 0.05) is 25.1 Å². The van der Waals surface area contributed by atoms with E-state index in [1.165, 1.54) is 0 Å². The van der Waals surface area contributed by atoms with Gasteiger partial charge in [0.15, 0.2) is 0 Å². The number of nitrogens with one attached hydrogen (secondary N) is 2. The fourth-order valence-corrected chi connectivity index (χ4v) is 3.07. The van der Waals surface area contributed by atoms with Crippen molar-refractivity contribution >= 4 is 5.91 Å². The van der Waals surface area contributed by atoms with Gasteiger partial charge in [0.05, 0.1) is 6.10 Å². The van der Waals surface area contributed by atoms with Gasteiger partial charge in [-0.2, -0.15) is 0 Å². The molecule has 1 fully saturated rings. The van der Waals surface area contributed by atoms with E-state index in [9.17, 15) is 15.0 Å². The van der Waals surface area contributed by atoms with Crippen LogP contribution in [0.5, 0.6) is 5.75 Å². The molecule has 3 rings (SSSR count). The molecule has 0 bridgehead atoms. The molecule has 2 aliphatic rings. The summed E-state index contributed by atoms with van der Waals surface area (Å²) in [4.78, 5) is 12.1. The molecule has 22 heavy (non-hydrogen) atoms. The van der Waals surface area contributed by atoms with Crippen LogP contribution in [0, 0.1) is 0 Å². The van der Waals surface area contributed by atoms with Crippen molar-refractivity contribution in [3.8, 4) is 5.75 Å². The Balaban J connectivity index is 1.66. The molecule has 0 radical (unpaired) electrons. The summed E-state index contributed by atoms with van der Waals surface area (Å²) in [6, 6.07) is 5.14. The van der Waals surface area contributed by atoms with E-state index in [2.05, 4.69) is 10.6 Å². The Morgan fingerprint density at radius 3 is 2.91 bits per heavy atom. The zero-order chi connectivity index (χ0) is 15.9. The van der Waals surface area contributed by atoms with Crippen LogP contribution >= 0.6 is 0 Å². The Morgan fingerprint density at radius 2 is 2.23 bits per heavy atom. The van der Waals surface area contributed by atoms with Gasteiger partial charge >= 0.3 is 0 Å². The molecule has 2 aliphatic heterocycles. The molecule has 6 nitrogen and oxygen atoms in total. The van der Waals surface area contributed by atoms with Gasteiger partial charge in [-0.1, -0.05) is 18.2 Å². The topological polar surface area (TPSA) is 90.8 Å². The summed E-state index contributed by atoms with van der Waals surface area (Å²) < 4.78 is 5.97. The standard InChI is InChI=1S/C16H22N2O4/c1-16(2)6-9-4-3-5-10(14(9)22-16)7-18-15(21)12-13(20)11(19)8-17-12/h3-5,11-13,17,19-20H,6-8H2,1-2H3,(H,18,21)/t11-,12-,13-/m1/s1. The van der Waals surface area contributed by atoms with Crippen LogP contribution in [0.2, 0.25) is 0 Å². The van der Waals surface area contributed by atoms with Crippen LogP contribution in [0.15, 0.2) is 18.2 Å². The highest BCUT2D eigenvalue weighted by Gasteiger charge is 2.38. The van der Waals surface area contributed by atoms with E-state index in [0.29, 0.717) is 6.54 Å². The number of hydrogen-bond acceptors (Lipinski definition) is 5. The second kappa shape index (κ2) is 5.53. The number of ether oxygens (including phenoxy) is 1. The van der Waals surface area contributed by atoms with Crippen LogP contribution in [-0.2, 0) is 17.8 Å². The molecule has 6 heteroatoms. The van der Waals surface area contributed by atoms with Crippen LogP contribution in [0.3, 0.4) is 0 Å². The van der Waals surface area contributed by atoms with Crippen molar-refractivity contribution in [2.24, 2.45) is 0 Å². The summed E-state index contributed by atoms with van der Waals surface area (Å²) in [6.45, 7) is 4.63. The van der Waals surface area contributed by atoms with Gasteiger partial charge in [-0.25, -0.2) is 0 Å². The second-order valence-electron chi connectivity index (χ2n) is 6.61. The maximum absolute atomic E-state index is 12.1. The first-order chi connectivity index (χ1) is 10.4. The van der Waals surface area contributed by atoms with Gasteiger partial charge in [-0.05, 0) is 19.4 Å². The minimum absolute atomic E-state index is 0.220. The number of rotatable bonds is 3.